The fourth-order valence-electron chi connectivity index (χ4n) is 1.72. The van der Waals surface area contributed by atoms with Gasteiger partial charge in [0.15, 0.2) is 0 Å². The lowest BCUT2D eigenvalue weighted by Crippen LogP contribution is -2.49. The molecular weight excluding hydrogens is 320 g/mol. The molecule has 0 atom stereocenters. The third kappa shape index (κ3) is 5.33. The Morgan fingerprint density at radius 1 is 1.30 bits per heavy atom. The molecule has 0 aliphatic heterocycles. The van der Waals surface area contributed by atoms with Crippen molar-refractivity contribution in [1.82, 2.24) is 30.8 Å². The van der Waals surface area contributed by atoms with Crippen molar-refractivity contribution in [2.45, 2.75) is 32.9 Å². The molecule has 0 aliphatic carbocycles. The van der Waals surface area contributed by atoms with Gasteiger partial charge in [-0.3, -0.25) is 10.1 Å². The largest absolute Gasteiger partial charge is 0.333 e. The van der Waals surface area contributed by atoms with Gasteiger partial charge in [0, 0.05) is 16.1 Å². The maximum atomic E-state index is 11.8. The normalized spacial score (nSPS) is 11.1. The Hall–Kier alpha value is -2.48. The lowest BCUT2D eigenvalue weighted by Gasteiger charge is -2.20. The third-order valence-corrected chi connectivity index (χ3v) is 2.80. The summed E-state index contributed by atoms with van der Waals surface area (Å²) < 4.78 is 0. The number of carbonyl (C=O) groups is 2. The van der Waals surface area contributed by atoms with Gasteiger partial charge in [0.1, 0.15) is 6.54 Å². The van der Waals surface area contributed by atoms with Gasteiger partial charge in [-0.05, 0) is 38.1 Å². The van der Waals surface area contributed by atoms with E-state index in [1.807, 2.05) is 20.8 Å². The number of rotatable bonds is 3. The summed E-state index contributed by atoms with van der Waals surface area (Å²) in [6, 6.07) is 6.40. The van der Waals surface area contributed by atoms with Gasteiger partial charge in [0.2, 0.25) is 5.82 Å². The highest BCUT2D eigenvalue weighted by Crippen LogP contribution is 2.18. The summed E-state index contributed by atoms with van der Waals surface area (Å²) in [5, 5.41) is 17.1. The molecule has 23 heavy (non-hydrogen) atoms. The smallest absolute Gasteiger partial charge is 0.321 e. The van der Waals surface area contributed by atoms with Gasteiger partial charge in [-0.1, -0.05) is 23.7 Å². The molecule has 0 radical (unpaired) electrons. The molecule has 0 bridgehead atoms. The van der Waals surface area contributed by atoms with Crippen molar-refractivity contribution in [2.75, 3.05) is 0 Å². The lowest BCUT2D eigenvalue weighted by atomic mass is 10.1. The van der Waals surface area contributed by atoms with Crippen LogP contribution in [0.25, 0.3) is 11.4 Å². The third-order valence-electron chi connectivity index (χ3n) is 2.56. The summed E-state index contributed by atoms with van der Waals surface area (Å²) in [6.07, 6.45) is 0. The van der Waals surface area contributed by atoms with Gasteiger partial charge in [-0.25, -0.2) is 4.79 Å². The minimum atomic E-state index is -0.572. The number of urea groups is 1. The second-order valence-electron chi connectivity index (χ2n) is 5.91. The molecule has 3 amide bonds. The molecule has 8 nitrogen and oxygen atoms in total. The van der Waals surface area contributed by atoms with Crippen LogP contribution >= 0.6 is 11.6 Å². The molecule has 2 aromatic rings. The molecule has 0 aliphatic rings. The first-order valence-corrected chi connectivity index (χ1v) is 7.26. The van der Waals surface area contributed by atoms with Crippen LogP contribution in [0.15, 0.2) is 24.3 Å². The van der Waals surface area contributed by atoms with Crippen LogP contribution in [-0.4, -0.2) is 37.7 Å². The van der Waals surface area contributed by atoms with Crippen molar-refractivity contribution in [3.63, 3.8) is 0 Å². The molecule has 1 aromatic carbocycles. The summed E-state index contributed by atoms with van der Waals surface area (Å²) in [7, 11) is 0. The highest BCUT2D eigenvalue weighted by Gasteiger charge is 2.16. The Bertz CT molecular complexity index is 722. The second-order valence-corrected chi connectivity index (χ2v) is 6.34. The van der Waals surface area contributed by atoms with E-state index in [-0.39, 0.29) is 6.54 Å². The van der Waals surface area contributed by atoms with E-state index in [9.17, 15) is 9.59 Å². The zero-order valence-corrected chi connectivity index (χ0v) is 13.8. The highest BCUT2D eigenvalue weighted by atomic mass is 35.5. The lowest BCUT2D eigenvalue weighted by molar-refractivity contribution is -0.121. The van der Waals surface area contributed by atoms with E-state index in [0.717, 1.165) is 4.80 Å². The van der Waals surface area contributed by atoms with Crippen molar-refractivity contribution >= 4 is 23.5 Å². The average Bonchev–Trinajstić information content (AvgIpc) is 2.84. The van der Waals surface area contributed by atoms with E-state index in [2.05, 4.69) is 26.0 Å². The van der Waals surface area contributed by atoms with Crippen molar-refractivity contribution in [2.24, 2.45) is 0 Å². The SMILES string of the molecule is CC(C)(C)NC(=O)NC(=O)Cn1nnc(-c2cccc(Cl)c2)n1. The molecule has 1 aromatic heterocycles. The van der Waals surface area contributed by atoms with E-state index >= 15 is 0 Å². The Labute approximate surface area is 138 Å². The fourth-order valence-corrected chi connectivity index (χ4v) is 1.91. The maximum absolute atomic E-state index is 11.8. The molecule has 0 saturated heterocycles. The number of hydrogen-bond donors (Lipinski definition) is 2. The molecular formula is C14H17ClN6O2. The first-order chi connectivity index (χ1) is 10.7. The van der Waals surface area contributed by atoms with Crippen LogP contribution in [0.2, 0.25) is 5.02 Å². The molecule has 2 rings (SSSR count). The standard InChI is InChI=1S/C14H17ClN6O2/c1-14(2,3)17-13(23)16-11(22)8-21-19-12(18-20-21)9-5-4-6-10(15)7-9/h4-7H,8H2,1-3H3,(H2,16,17,22,23). The second kappa shape index (κ2) is 6.74. The van der Waals surface area contributed by atoms with Crippen LogP contribution < -0.4 is 10.6 Å². The number of benzene rings is 1. The zero-order valence-electron chi connectivity index (χ0n) is 13.0. The molecule has 0 unspecified atom stereocenters. The number of halogens is 1. The first kappa shape index (κ1) is 16.9. The summed E-state index contributed by atoms with van der Waals surface area (Å²) >= 11 is 5.90. The van der Waals surface area contributed by atoms with Crippen LogP contribution in [0.3, 0.4) is 0 Å². The molecule has 2 N–H and O–H groups in total. The summed E-state index contributed by atoms with van der Waals surface area (Å²) in [5.41, 5.74) is 0.255. The van der Waals surface area contributed by atoms with Crippen molar-refractivity contribution in [1.29, 1.82) is 0 Å². The van der Waals surface area contributed by atoms with E-state index < -0.39 is 17.5 Å². The van der Waals surface area contributed by atoms with E-state index in [1.165, 1.54) is 0 Å². The molecule has 1 heterocycles. The predicted molar refractivity (Wildman–Crippen MR) is 84.7 cm³/mol. The van der Waals surface area contributed by atoms with Crippen molar-refractivity contribution in [3.05, 3.63) is 29.3 Å². The molecule has 122 valence electrons. The van der Waals surface area contributed by atoms with Crippen LogP contribution in [0.1, 0.15) is 20.8 Å². The van der Waals surface area contributed by atoms with Gasteiger partial charge in [0.05, 0.1) is 0 Å². The Morgan fingerprint density at radius 2 is 2.04 bits per heavy atom. The first-order valence-electron chi connectivity index (χ1n) is 6.89. The van der Waals surface area contributed by atoms with Gasteiger partial charge in [0.25, 0.3) is 5.91 Å². The van der Waals surface area contributed by atoms with Gasteiger partial charge >= 0.3 is 6.03 Å². The minimum absolute atomic E-state index is 0.217. The summed E-state index contributed by atoms with van der Waals surface area (Å²) in [6.45, 7) is 5.22. The number of hydrogen-bond acceptors (Lipinski definition) is 5. The Morgan fingerprint density at radius 3 is 2.70 bits per heavy atom. The number of amides is 3. The van der Waals surface area contributed by atoms with E-state index in [0.29, 0.717) is 16.4 Å². The van der Waals surface area contributed by atoms with E-state index in [4.69, 9.17) is 11.6 Å². The summed E-state index contributed by atoms with van der Waals surface area (Å²) in [5.74, 6) is -0.193. The summed E-state index contributed by atoms with van der Waals surface area (Å²) in [4.78, 5) is 24.5. The predicted octanol–water partition coefficient (Wildman–Crippen LogP) is 1.62. The van der Waals surface area contributed by atoms with E-state index in [1.54, 1.807) is 24.3 Å². The zero-order chi connectivity index (χ0) is 17.0. The maximum Gasteiger partial charge on any atom is 0.321 e. The number of nitrogens with one attached hydrogen (secondary N) is 2. The van der Waals surface area contributed by atoms with Crippen LogP contribution in [0.5, 0.6) is 0 Å². The number of aromatic nitrogens is 4. The molecule has 0 fully saturated rings. The minimum Gasteiger partial charge on any atom is -0.333 e. The van der Waals surface area contributed by atoms with Gasteiger partial charge in [-0.2, -0.15) is 4.80 Å². The van der Waals surface area contributed by atoms with Crippen LogP contribution in [-0.2, 0) is 11.3 Å². The number of tetrazole rings is 1. The monoisotopic (exact) mass is 336 g/mol. The number of imide groups is 1. The Balaban J connectivity index is 1.96. The molecule has 0 spiro atoms. The van der Waals surface area contributed by atoms with Gasteiger partial charge in [-0.15, -0.1) is 10.2 Å². The van der Waals surface area contributed by atoms with Crippen molar-refractivity contribution in [3.8, 4) is 11.4 Å². The number of nitrogens with zero attached hydrogens (tertiary/aromatic N) is 4. The number of carbonyl (C=O) groups excluding carboxylic acids is 2. The average molecular weight is 337 g/mol. The molecule has 9 heteroatoms. The molecule has 0 saturated carbocycles. The quantitative estimate of drug-likeness (QED) is 0.886. The van der Waals surface area contributed by atoms with Crippen molar-refractivity contribution < 1.29 is 9.59 Å². The van der Waals surface area contributed by atoms with Crippen LogP contribution in [0, 0.1) is 0 Å². The highest BCUT2D eigenvalue weighted by molar-refractivity contribution is 6.30. The van der Waals surface area contributed by atoms with Gasteiger partial charge < -0.3 is 5.32 Å². The van der Waals surface area contributed by atoms with Crippen LogP contribution in [0.4, 0.5) is 4.79 Å². The Kier molecular flexibility index (Phi) is 4.95. The fraction of sp³-hybridized carbons (Fsp3) is 0.357. The topological polar surface area (TPSA) is 102 Å².